The Hall–Kier alpha value is -2.07. The Morgan fingerprint density at radius 2 is 2.08 bits per heavy atom. The van der Waals surface area contributed by atoms with Crippen LogP contribution in [0.25, 0.3) is 0 Å². The van der Waals surface area contributed by atoms with Crippen molar-refractivity contribution < 1.29 is 22.8 Å². The lowest BCUT2D eigenvalue weighted by atomic mass is 10.1. The number of nitrogens with one attached hydrogen (secondary N) is 1. The molecule has 0 spiro atoms. The van der Waals surface area contributed by atoms with Gasteiger partial charge < -0.3 is 11.1 Å². The summed E-state index contributed by atoms with van der Waals surface area (Å²) in [6.45, 7) is 1.72. The fourth-order valence-electron chi connectivity index (χ4n) is 1.91. The Morgan fingerprint density at radius 3 is 2.72 bits per heavy atom. The van der Waals surface area contributed by atoms with E-state index in [2.05, 4.69) is 10.3 Å². The number of hydrogen-bond donors (Lipinski definition) is 2. The fraction of sp³-hybridized carbons (Fsp3) is 0.267. The van der Waals surface area contributed by atoms with Crippen molar-refractivity contribution in [3.8, 4) is 0 Å². The lowest BCUT2D eigenvalue weighted by Gasteiger charge is -2.08. The summed E-state index contributed by atoms with van der Waals surface area (Å²) in [4.78, 5) is 27.0. The van der Waals surface area contributed by atoms with Gasteiger partial charge in [-0.15, -0.1) is 11.8 Å². The average molecular weight is 389 g/mol. The van der Waals surface area contributed by atoms with Crippen molar-refractivity contribution in [1.82, 2.24) is 4.98 Å². The maximum atomic E-state index is 12.7. The summed E-state index contributed by atoms with van der Waals surface area (Å²) in [5.41, 5.74) is 5.18. The zero-order chi connectivity index (χ0) is 18.6. The number of halogens is 3. The molecule has 0 saturated heterocycles. The van der Waals surface area contributed by atoms with Gasteiger partial charge in [0.25, 0.3) is 0 Å². The summed E-state index contributed by atoms with van der Waals surface area (Å²) >= 11 is 2.40. The lowest BCUT2D eigenvalue weighted by molar-refractivity contribution is -0.137. The summed E-state index contributed by atoms with van der Waals surface area (Å²) in [6, 6.07) is 4.61. The number of alkyl halides is 3. The van der Waals surface area contributed by atoms with Crippen LogP contribution in [0.5, 0.6) is 0 Å². The number of nitrogens with zero attached hydrogens (tertiary/aromatic N) is 1. The molecule has 0 aliphatic rings. The molecule has 1 aromatic carbocycles. The normalized spacial score (nSPS) is 11.4. The summed E-state index contributed by atoms with van der Waals surface area (Å²) in [7, 11) is 0. The van der Waals surface area contributed by atoms with Crippen molar-refractivity contribution in [2.24, 2.45) is 5.73 Å². The van der Waals surface area contributed by atoms with Crippen LogP contribution in [0.4, 0.5) is 18.3 Å². The Morgan fingerprint density at radius 1 is 1.36 bits per heavy atom. The predicted molar refractivity (Wildman–Crippen MR) is 90.5 cm³/mol. The van der Waals surface area contributed by atoms with E-state index in [0.29, 0.717) is 10.8 Å². The largest absolute Gasteiger partial charge is 0.416 e. The Bertz CT molecular complexity index is 791. The third-order valence-electron chi connectivity index (χ3n) is 2.96. The molecule has 25 heavy (non-hydrogen) atoms. The van der Waals surface area contributed by atoms with Gasteiger partial charge in [-0.2, -0.15) is 13.2 Å². The van der Waals surface area contributed by atoms with E-state index >= 15 is 0 Å². The number of carbonyl (C=O) groups is 2. The standard InChI is InChI=1S/C15H14F3N3O2S2/c1-8-13(24-7-11(19)22)25-14(20-8)21-12(23)6-9-3-2-4-10(5-9)15(16,17)18/h2-5H,6-7H2,1H3,(H2,19,22)(H,20,21,23). The van der Waals surface area contributed by atoms with E-state index in [1.807, 2.05) is 0 Å². The summed E-state index contributed by atoms with van der Waals surface area (Å²) in [5.74, 6) is -0.840. The fourth-order valence-corrected chi connectivity index (χ4v) is 3.81. The summed E-state index contributed by atoms with van der Waals surface area (Å²) in [5, 5.41) is 2.88. The molecule has 1 aromatic heterocycles. The molecular weight excluding hydrogens is 375 g/mol. The zero-order valence-corrected chi connectivity index (χ0v) is 14.6. The van der Waals surface area contributed by atoms with Crippen molar-refractivity contribution in [1.29, 1.82) is 0 Å². The number of aryl methyl sites for hydroxylation is 1. The number of primary amides is 1. The van der Waals surface area contributed by atoms with Gasteiger partial charge in [0, 0.05) is 0 Å². The molecule has 0 saturated carbocycles. The highest BCUT2D eigenvalue weighted by atomic mass is 32.2. The Balaban J connectivity index is 2.01. The van der Waals surface area contributed by atoms with E-state index in [1.165, 1.54) is 35.2 Å². The number of anilines is 1. The SMILES string of the molecule is Cc1nc(NC(=O)Cc2cccc(C(F)(F)F)c2)sc1SCC(N)=O. The Labute approximate surface area is 149 Å². The first kappa shape index (κ1) is 19.3. The molecule has 134 valence electrons. The van der Waals surface area contributed by atoms with E-state index < -0.39 is 23.6 Å². The lowest BCUT2D eigenvalue weighted by Crippen LogP contribution is -2.15. The van der Waals surface area contributed by atoms with Crippen LogP contribution in [0, 0.1) is 6.92 Å². The monoisotopic (exact) mass is 389 g/mol. The number of nitrogens with two attached hydrogens (primary N) is 1. The second-order valence-electron chi connectivity index (χ2n) is 5.07. The van der Waals surface area contributed by atoms with Gasteiger partial charge in [-0.1, -0.05) is 29.5 Å². The maximum absolute atomic E-state index is 12.7. The number of amides is 2. The van der Waals surface area contributed by atoms with Crippen molar-refractivity contribution in [2.45, 2.75) is 23.7 Å². The van der Waals surface area contributed by atoms with Crippen LogP contribution in [-0.2, 0) is 22.2 Å². The first-order valence-electron chi connectivity index (χ1n) is 6.99. The van der Waals surface area contributed by atoms with Crippen molar-refractivity contribution >= 4 is 40.0 Å². The quantitative estimate of drug-likeness (QED) is 0.743. The number of hydrogen-bond acceptors (Lipinski definition) is 5. The van der Waals surface area contributed by atoms with Gasteiger partial charge in [-0.05, 0) is 18.6 Å². The van der Waals surface area contributed by atoms with Crippen LogP contribution in [0.2, 0.25) is 0 Å². The number of carbonyl (C=O) groups excluding carboxylic acids is 2. The first-order chi connectivity index (χ1) is 11.6. The molecule has 2 rings (SSSR count). The molecule has 0 atom stereocenters. The number of thiazole rings is 1. The smallest absolute Gasteiger partial charge is 0.369 e. The highest BCUT2D eigenvalue weighted by Gasteiger charge is 2.30. The van der Waals surface area contributed by atoms with Crippen molar-refractivity contribution in [3.63, 3.8) is 0 Å². The molecule has 0 bridgehead atoms. The Kier molecular flexibility index (Phi) is 6.07. The maximum Gasteiger partial charge on any atom is 0.416 e. The van der Waals surface area contributed by atoms with E-state index in [1.54, 1.807) is 6.92 Å². The molecule has 0 aliphatic heterocycles. The van der Waals surface area contributed by atoms with Crippen LogP contribution >= 0.6 is 23.1 Å². The van der Waals surface area contributed by atoms with Gasteiger partial charge in [0.05, 0.1) is 27.6 Å². The highest BCUT2D eigenvalue weighted by Crippen LogP contribution is 2.32. The molecular formula is C15H14F3N3O2S2. The average Bonchev–Trinajstić information content (AvgIpc) is 2.84. The van der Waals surface area contributed by atoms with Gasteiger partial charge in [-0.25, -0.2) is 4.98 Å². The van der Waals surface area contributed by atoms with Crippen LogP contribution in [0.3, 0.4) is 0 Å². The minimum Gasteiger partial charge on any atom is -0.369 e. The van der Waals surface area contributed by atoms with E-state index in [-0.39, 0.29) is 17.7 Å². The minimum absolute atomic E-state index is 0.0979. The van der Waals surface area contributed by atoms with Crippen molar-refractivity contribution in [2.75, 3.05) is 11.1 Å². The predicted octanol–water partition coefficient (Wildman–Crippen LogP) is 3.23. The highest BCUT2D eigenvalue weighted by molar-refractivity contribution is 8.01. The molecule has 0 aliphatic carbocycles. The van der Waals surface area contributed by atoms with Crippen LogP contribution < -0.4 is 11.1 Å². The van der Waals surface area contributed by atoms with Crippen LogP contribution in [-0.4, -0.2) is 22.6 Å². The third-order valence-corrected chi connectivity index (χ3v) is 5.42. The molecule has 10 heteroatoms. The minimum atomic E-state index is -4.45. The van der Waals surface area contributed by atoms with E-state index in [0.717, 1.165) is 16.3 Å². The number of benzene rings is 1. The second kappa shape index (κ2) is 7.87. The molecule has 0 unspecified atom stereocenters. The summed E-state index contributed by atoms with van der Waals surface area (Å²) in [6.07, 6.45) is -4.65. The molecule has 3 N–H and O–H groups in total. The topological polar surface area (TPSA) is 85.1 Å². The molecule has 5 nitrogen and oxygen atoms in total. The molecule has 1 heterocycles. The van der Waals surface area contributed by atoms with E-state index in [9.17, 15) is 22.8 Å². The van der Waals surface area contributed by atoms with Crippen LogP contribution in [0.1, 0.15) is 16.8 Å². The van der Waals surface area contributed by atoms with Gasteiger partial charge in [-0.3, -0.25) is 9.59 Å². The van der Waals surface area contributed by atoms with E-state index in [4.69, 9.17) is 5.73 Å². The third kappa shape index (κ3) is 5.75. The zero-order valence-electron chi connectivity index (χ0n) is 13.0. The van der Waals surface area contributed by atoms with Crippen LogP contribution in [0.15, 0.2) is 28.5 Å². The van der Waals surface area contributed by atoms with Gasteiger partial charge in [0.15, 0.2) is 5.13 Å². The second-order valence-corrected chi connectivity index (χ2v) is 7.31. The first-order valence-corrected chi connectivity index (χ1v) is 8.80. The molecule has 0 fully saturated rings. The van der Waals surface area contributed by atoms with Gasteiger partial charge in [0.2, 0.25) is 11.8 Å². The summed E-state index contributed by atoms with van der Waals surface area (Å²) < 4.78 is 38.8. The number of aromatic nitrogens is 1. The molecule has 0 radical (unpaired) electrons. The molecule has 2 amide bonds. The number of thioether (sulfide) groups is 1. The van der Waals surface area contributed by atoms with Crippen molar-refractivity contribution in [3.05, 3.63) is 41.1 Å². The van der Waals surface area contributed by atoms with Gasteiger partial charge >= 0.3 is 6.18 Å². The van der Waals surface area contributed by atoms with Gasteiger partial charge in [0.1, 0.15) is 0 Å². The molecule has 2 aromatic rings. The number of rotatable bonds is 6.